The average molecular weight is 197 g/mol. The van der Waals surface area contributed by atoms with Crippen LogP contribution >= 0.6 is 0 Å². The number of hydrogen-bond donors (Lipinski definition) is 0. The Hall–Kier alpha value is -0.300. The van der Waals surface area contributed by atoms with Gasteiger partial charge >= 0.3 is 0 Å². The molecule has 0 amide bonds. The Morgan fingerprint density at radius 1 is 1.14 bits per heavy atom. The summed E-state index contributed by atoms with van der Waals surface area (Å²) < 4.78 is 5.30. The van der Waals surface area contributed by atoms with Crippen molar-refractivity contribution in [2.24, 2.45) is 0 Å². The summed E-state index contributed by atoms with van der Waals surface area (Å²) in [6.07, 6.45) is 9.17. The van der Waals surface area contributed by atoms with Crippen LogP contribution in [0.5, 0.6) is 0 Å². The molecule has 0 aromatic rings. The first-order chi connectivity index (χ1) is 6.77. The van der Waals surface area contributed by atoms with Crippen molar-refractivity contribution in [2.75, 3.05) is 6.61 Å². The van der Waals surface area contributed by atoms with E-state index in [0.29, 0.717) is 6.61 Å². The van der Waals surface area contributed by atoms with Gasteiger partial charge in [-0.3, -0.25) is 0 Å². The molecule has 0 saturated carbocycles. The minimum Gasteiger partial charge on any atom is -0.371 e. The van der Waals surface area contributed by atoms with Crippen molar-refractivity contribution in [2.45, 2.75) is 58.8 Å². The third-order valence-corrected chi connectivity index (χ3v) is 2.12. The fourth-order valence-electron chi connectivity index (χ4n) is 1.29. The Kier molecular flexibility index (Phi) is 10.5. The lowest BCUT2D eigenvalue weighted by molar-refractivity contribution is 0.215. The van der Waals surface area contributed by atoms with Crippen LogP contribution in [-0.4, -0.2) is 6.61 Å². The maximum absolute atomic E-state index is 5.30. The van der Waals surface area contributed by atoms with Gasteiger partial charge < -0.3 is 4.74 Å². The van der Waals surface area contributed by atoms with Gasteiger partial charge in [-0.1, -0.05) is 57.6 Å². The van der Waals surface area contributed by atoms with Crippen LogP contribution in [0.2, 0.25) is 0 Å². The Labute approximate surface area is 89.5 Å². The monoisotopic (exact) mass is 197 g/mol. The van der Waals surface area contributed by atoms with Gasteiger partial charge in [0, 0.05) is 0 Å². The molecule has 0 fully saturated rings. The first kappa shape index (κ1) is 13.7. The predicted molar refractivity (Wildman–Crippen MR) is 63.1 cm³/mol. The topological polar surface area (TPSA) is 9.23 Å². The first-order valence-electron chi connectivity index (χ1n) is 5.85. The molecule has 0 heterocycles. The highest BCUT2D eigenvalue weighted by atomic mass is 16.5. The van der Waals surface area contributed by atoms with E-state index < -0.39 is 0 Å². The van der Waals surface area contributed by atoms with Crippen LogP contribution in [0.25, 0.3) is 0 Å². The molecule has 0 aliphatic heterocycles. The number of ether oxygens (including phenoxy) is 1. The SMILES string of the molecule is C=C(C)CO[CH]CCCCCCCC. The van der Waals surface area contributed by atoms with E-state index in [-0.39, 0.29) is 0 Å². The van der Waals surface area contributed by atoms with E-state index in [9.17, 15) is 0 Å². The van der Waals surface area contributed by atoms with Crippen molar-refractivity contribution in [3.8, 4) is 0 Å². The standard InChI is InChI=1S/C13H25O/c1-4-5-6-7-8-9-10-11-14-12-13(2)3/h11H,2,4-10,12H2,1,3H3. The summed E-state index contributed by atoms with van der Waals surface area (Å²) in [5.41, 5.74) is 1.09. The molecule has 1 radical (unpaired) electrons. The van der Waals surface area contributed by atoms with Gasteiger partial charge in [0.25, 0.3) is 0 Å². The van der Waals surface area contributed by atoms with Gasteiger partial charge in [-0.05, 0) is 13.3 Å². The van der Waals surface area contributed by atoms with E-state index in [4.69, 9.17) is 4.74 Å². The van der Waals surface area contributed by atoms with Gasteiger partial charge in [-0.15, -0.1) is 0 Å². The number of hydrogen-bond acceptors (Lipinski definition) is 1. The minimum absolute atomic E-state index is 0.676. The van der Waals surface area contributed by atoms with Crippen LogP contribution in [0.15, 0.2) is 12.2 Å². The van der Waals surface area contributed by atoms with Crippen LogP contribution in [0.4, 0.5) is 0 Å². The van der Waals surface area contributed by atoms with Gasteiger partial charge in [-0.2, -0.15) is 0 Å². The Balaban J connectivity index is 2.88. The molecule has 0 rings (SSSR count). The summed E-state index contributed by atoms with van der Waals surface area (Å²) in [6, 6.07) is 0. The van der Waals surface area contributed by atoms with Crippen molar-refractivity contribution in [1.29, 1.82) is 0 Å². The highest BCUT2D eigenvalue weighted by molar-refractivity contribution is 4.87. The lowest BCUT2D eigenvalue weighted by atomic mass is 10.1. The molecule has 0 unspecified atom stereocenters. The molecule has 14 heavy (non-hydrogen) atoms. The normalized spacial score (nSPS) is 10.4. The molecule has 0 aromatic carbocycles. The largest absolute Gasteiger partial charge is 0.371 e. The van der Waals surface area contributed by atoms with Crippen molar-refractivity contribution >= 4 is 0 Å². The van der Waals surface area contributed by atoms with Crippen LogP contribution < -0.4 is 0 Å². The maximum Gasteiger partial charge on any atom is 0.0841 e. The van der Waals surface area contributed by atoms with Gasteiger partial charge in [0.1, 0.15) is 0 Å². The third-order valence-electron chi connectivity index (χ3n) is 2.12. The predicted octanol–water partition coefficient (Wildman–Crippen LogP) is 4.49. The molecule has 0 saturated heterocycles. The molecule has 1 nitrogen and oxygen atoms in total. The van der Waals surface area contributed by atoms with Gasteiger partial charge in [-0.25, -0.2) is 0 Å². The summed E-state index contributed by atoms with van der Waals surface area (Å²) in [5, 5.41) is 0. The third kappa shape index (κ3) is 11.7. The van der Waals surface area contributed by atoms with Gasteiger partial charge in [0.15, 0.2) is 0 Å². The Bertz CT molecular complexity index is 129. The van der Waals surface area contributed by atoms with Crippen molar-refractivity contribution in [3.63, 3.8) is 0 Å². The van der Waals surface area contributed by atoms with E-state index in [0.717, 1.165) is 12.0 Å². The number of unbranched alkanes of at least 4 members (excludes halogenated alkanes) is 6. The fraction of sp³-hybridized carbons (Fsp3) is 0.769. The maximum atomic E-state index is 5.30. The Morgan fingerprint density at radius 2 is 1.79 bits per heavy atom. The van der Waals surface area contributed by atoms with Gasteiger partial charge in [0.2, 0.25) is 0 Å². The highest BCUT2D eigenvalue weighted by Gasteiger charge is 1.92. The second-order valence-corrected chi connectivity index (χ2v) is 3.99. The molecule has 0 aliphatic carbocycles. The molecule has 0 aromatic heterocycles. The fourth-order valence-corrected chi connectivity index (χ4v) is 1.29. The zero-order valence-corrected chi connectivity index (χ0v) is 9.85. The summed E-state index contributed by atoms with van der Waals surface area (Å²) in [6.45, 7) is 10.6. The second kappa shape index (κ2) is 10.8. The molecule has 0 spiro atoms. The van der Waals surface area contributed by atoms with Crippen LogP contribution in [0.3, 0.4) is 0 Å². The van der Waals surface area contributed by atoms with Crippen molar-refractivity contribution < 1.29 is 4.74 Å². The second-order valence-electron chi connectivity index (χ2n) is 3.99. The molecule has 0 atom stereocenters. The Morgan fingerprint density at radius 3 is 2.43 bits per heavy atom. The van der Waals surface area contributed by atoms with Crippen LogP contribution in [-0.2, 0) is 4.74 Å². The van der Waals surface area contributed by atoms with E-state index in [2.05, 4.69) is 13.5 Å². The lowest BCUT2D eigenvalue weighted by Gasteiger charge is -2.02. The summed E-state index contributed by atoms with van der Waals surface area (Å²) in [7, 11) is 0. The van der Waals surface area contributed by atoms with E-state index in [1.807, 2.05) is 13.5 Å². The molecule has 83 valence electrons. The molecule has 0 aliphatic rings. The quantitative estimate of drug-likeness (QED) is 0.370. The summed E-state index contributed by atoms with van der Waals surface area (Å²) in [4.78, 5) is 0. The molecule has 0 bridgehead atoms. The number of rotatable bonds is 10. The van der Waals surface area contributed by atoms with Gasteiger partial charge in [0.05, 0.1) is 13.2 Å². The van der Waals surface area contributed by atoms with E-state index in [1.54, 1.807) is 0 Å². The van der Waals surface area contributed by atoms with E-state index in [1.165, 1.54) is 38.5 Å². The minimum atomic E-state index is 0.676. The molecule has 0 N–H and O–H groups in total. The molecule has 1 heteroatoms. The lowest BCUT2D eigenvalue weighted by Crippen LogP contribution is -1.92. The van der Waals surface area contributed by atoms with Crippen LogP contribution in [0, 0.1) is 6.61 Å². The average Bonchev–Trinajstić information content (AvgIpc) is 2.15. The zero-order chi connectivity index (χ0) is 10.6. The first-order valence-corrected chi connectivity index (χ1v) is 5.85. The molecular weight excluding hydrogens is 172 g/mol. The zero-order valence-electron chi connectivity index (χ0n) is 9.85. The summed E-state index contributed by atoms with van der Waals surface area (Å²) >= 11 is 0. The smallest absolute Gasteiger partial charge is 0.0841 e. The van der Waals surface area contributed by atoms with Crippen LogP contribution in [0.1, 0.15) is 58.8 Å². The summed E-state index contributed by atoms with van der Waals surface area (Å²) in [5.74, 6) is 0. The van der Waals surface area contributed by atoms with Crippen molar-refractivity contribution in [3.05, 3.63) is 18.8 Å². The highest BCUT2D eigenvalue weighted by Crippen LogP contribution is 2.08. The molecular formula is C13H25O. The van der Waals surface area contributed by atoms with Crippen molar-refractivity contribution in [1.82, 2.24) is 0 Å². The van der Waals surface area contributed by atoms with E-state index >= 15 is 0 Å².